The van der Waals surface area contributed by atoms with Crippen molar-refractivity contribution in [3.63, 3.8) is 0 Å². The fourth-order valence-corrected chi connectivity index (χ4v) is 0.944. The molecule has 0 radical (unpaired) electrons. The molecular weight excluding hydrogens is 180 g/mol. The highest BCUT2D eigenvalue weighted by molar-refractivity contribution is 5.49. The van der Waals surface area contributed by atoms with Crippen LogP contribution in [0.1, 0.15) is 5.69 Å². The van der Waals surface area contributed by atoms with Gasteiger partial charge in [-0.3, -0.25) is 10.1 Å². The van der Waals surface area contributed by atoms with E-state index in [4.69, 9.17) is 5.26 Å². The first kappa shape index (κ1) is 8.19. The minimum absolute atomic E-state index is 0.273. The molecule has 2 rings (SSSR count). The van der Waals surface area contributed by atoms with Gasteiger partial charge >= 0.3 is 0 Å². The second-order valence-corrected chi connectivity index (χ2v) is 2.50. The molecule has 0 aliphatic rings. The minimum Gasteiger partial charge on any atom is -0.324 e. The zero-order valence-corrected chi connectivity index (χ0v) is 7.10. The average molecular weight is 186 g/mol. The van der Waals surface area contributed by atoms with Crippen LogP contribution in [0.4, 0.5) is 11.6 Å². The highest BCUT2D eigenvalue weighted by atomic mass is 15.2. The Hall–Kier alpha value is -2.42. The van der Waals surface area contributed by atoms with Gasteiger partial charge in [-0.15, -0.1) is 0 Å². The third-order valence-corrected chi connectivity index (χ3v) is 1.51. The summed E-state index contributed by atoms with van der Waals surface area (Å²) in [5.74, 6) is 1.21. The summed E-state index contributed by atoms with van der Waals surface area (Å²) < 4.78 is 0. The Morgan fingerprint density at radius 2 is 2.36 bits per heavy atom. The van der Waals surface area contributed by atoms with E-state index in [1.165, 1.54) is 12.4 Å². The van der Waals surface area contributed by atoms with E-state index in [-0.39, 0.29) is 5.69 Å². The number of hydrogen-bond acceptors (Lipinski definition) is 5. The number of hydrogen-bond donors (Lipinski definition) is 2. The van der Waals surface area contributed by atoms with Gasteiger partial charge in [-0.05, 0) is 0 Å². The summed E-state index contributed by atoms with van der Waals surface area (Å²) in [5.41, 5.74) is 0.273. The molecule has 0 amide bonds. The van der Waals surface area contributed by atoms with Gasteiger partial charge in [-0.25, -0.2) is 4.98 Å². The van der Waals surface area contributed by atoms with E-state index in [2.05, 4.69) is 25.5 Å². The van der Waals surface area contributed by atoms with E-state index >= 15 is 0 Å². The lowest BCUT2D eigenvalue weighted by atomic mass is 10.5. The summed E-state index contributed by atoms with van der Waals surface area (Å²) in [4.78, 5) is 7.84. The van der Waals surface area contributed by atoms with Gasteiger partial charge in [-0.1, -0.05) is 0 Å². The third-order valence-electron chi connectivity index (χ3n) is 1.51. The molecule has 2 heterocycles. The number of aromatic nitrogens is 4. The van der Waals surface area contributed by atoms with Crippen molar-refractivity contribution in [1.29, 1.82) is 5.26 Å². The standard InChI is InChI=1S/C8H6N6/c9-3-6-4-10-5-8(12-6)13-7-1-2-11-14-7/h1-2,4-5H,(H2,11,12,13,14). The molecule has 0 saturated carbocycles. The molecule has 0 saturated heterocycles. The highest BCUT2D eigenvalue weighted by Crippen LogP contribution is 2.08. The molecule has 0 aliphatic carbocycles. The van der Waals surface area contributed by atoms with Crippen LogP contribution in [-0.2, 0) is 0 Å². The maximum absolute atomic E-state index is 8.59. The highest BCUT2D eigenvalue weighted by Gasteiger charge is 1.98. The van der Waals surface area contributed by atoms with Crippen molar-refractivity contribution in [3.05, 3.63) is 30.4 Å². The molecule has 2 N–H and O–H groups in total. The van der Waals surface area contributed by atoms with Crippen LogP contribution < -0.4 is 5.32 Å². The summed E-state index contributed by atoms with van der Waals surface area (Å²) in [7, 11) is 0. The topological polar surface area (TPSA) is 90.3 Å². The molecule has 0 bridgehead atoms. The van der Waals surface area contributed by atoms with E-state index in [9.17, 15) is 0 Å². The largest absolute Gasteiger partial charge is 0.324 e. The Bertz CT molecular complexity index is 455. The van der Waals surface area contributed by atoms with Gasteiger partial charge in [0.1, 0.15) is 11.9 Å². The third kappa shape index (κ3) is 1.67. The molecule has 0 fully saturated rings. The lowest BCUT2D eigenvalue weighted by Crippen LogP contribution is -1.96. The van der Waals surface area contributed by atoms with Crippen LogP contribution in [-0.4, -0.2) is 20.2 Å². The summed E-state index contributed by atoms with van der Waals surface area (Å²) in [5, 5.41) is 18.0. The molecule has 2 aromatic rings. The Balaban J connectivity index is 2.22. The van der Waals surface area contributed by atoms with Crippen LogP contribution in [0, 0.1) is 11.3 Å². The summed E-state index contributed by atoms with van der Waals surface area (Å²) in [6.45, 7) is 0. The molecule has 0 atom stereocenters. The molecule has 6 nitrogen and oxygen atoms in total. The number of H-pyrrole nitrogens is 1. The average Bonchev–Trinajstić information content (AvgIpc) is 2.71. The molecule has 0 unspecified atom stereocenters. The van der Waals surface area contributed by atoms with Gasteiger partial charge in [0, 0.05) is 6.07 Å². The number of rotatable bonds is 2. The van der Waals surface area contributed by atoms with E-state index in [0.29, 0.717) is 11.6 Å². The Labute approximate surface area is 79.6 Å². The van der Waals surface area contributed by atoms with E-state index in [0.717, 1.165) is 0 Å². The summed E-state index contributed by atoms with van der Waals surface area (Å²) >= 11 is 0. The zero-order chi connectivity index (χ0) is 9.80. The minimum atomic E-state index is 0.273. The van der Waals surface area contributed by atoms with Gasteiger partial charge in [0.25, 0.3) is 0 Å². The maximum atomic E-state index is 8.59. The SMILES string of the molecule is N#Cc1cncc(Nc2ccn[nH]2)n1. The first-order valence-electron chi connectivity index (χ1n) is 3.87. The van der Waals surface area contributed by atoms with Crippen molar-refractivity contribution >= 4 is 11.6 Å². The van der Waals surface area contributed by atoms with Crippen LogP contribution in [0.5, 0.6) is 0 Å². The predicted molar refractivity (Wildman–Crippen MR) is 48.6 cm³/mol. The van der Waals surface area contributed by atoms with Crippen LogP contribution in [0.15, 0.2) is 24.7 Å². The van der Waals surface area contributed by atoms with Crippen LogP contribution in [0.3, 0.4) is 0 Å². The van der Waals surface area contributed by atoms with Gasteiger partial charge in [0.15, 0.2) is 11.5 Å². The van der Waals surface area contributed by atoms with Crippen molar-refractivity contribution in [2.75, 3.05) is 5.32 Å². The van der Waals surface area contributed by atoms with Gasteiger partial charge in [0.05, 0.1) is 18.6 Å². The fourth-order valence-electron chi connectivity index (χ4n) is 0.944. The number of nitrogens with zero attached hydrogens (tertiary/aromatic N) is 4. The predicted octanol–water partition coefficient (Wildman–Crippen LogP) is 0.815. The second kappa shape index (κ2) is 3.53. The van der Waals surface area contributed by atoms with Crippen LogP contribution >= 0.6 is 0 Å². The van der Waals surface area contributed by atoms with Gasteiger partial charge < -0.3 is 5.32 Å². The Morgan fingerprint density at radius 1 is 1.43 bits per heavy atom. The smallest absolute Gasteiger partial charge is 0.161 e. The Morgan fingerprint density at radius 3 is 3.07 bits per heavy atom. The Kier molecular flexibility index (Phi) is 2.07. The zero-order valence-electron chi connectivity index (χ0n) is 7.10. The van der Waals surface area contributed by atoms with Crippen molar-refractivity contribution in [3.8, 4) is 6.07 Å². The lowest BCUT2D eigenvalue weighted by Gasteiger charge is -2.00. The van der Waals surface area contributed by atoms with Crippen molar-refractivity contribution in [2.45, 2.75) is 0 Å². The van der Waals surface area contributed by atoms with E-state index < -0.39 is 0 Å². The van der Waals surface area contributed by atoms with Crippen LogP contribution in [0.2, 0.25) is 0 Å². The van der Waals surface area contributed by atoms with Crippen molar-refractivity contribution < 1.29 is 0 Å². The van der Waals surface area contributed by atoms with Crippen molar-refractivity contribution in [1.82, 2.24) is 20.2 Å². The summed E-state index contributed by atoms with van der Waals surface area (Å²) in [6.07, 6.45) is 4.55. The van der Waals surface area contributed by atoms with E-state index in [1.807, 2.05) is 6.07 Å². The number of nitriles is 1. The molecule has 6 heteroatoms. The molecular formula is C8H6N6. The summed E-state index contributed by atoms with van der Waals surface area (Å²) in [6, 6.07) is 3.66. The number of nitrogens with one attached hydrogen (secondary N) is 2. The molecule has 0 aromatic carbocycles. The van der Waals surface area contributed by atoms with E-state index in [1.54, 1.807) is 12.3 Å². The van der Waals surface area contributed by atoms with Crippen LogP contribution in [0.25, 0.3) is 0 Å². The molecule has 0 spiro atoms. The molecule has 2 aromatic heterocycles. The van der Waals surface area contributed by atoms with Gasteiger partial charge in [-0.2, -0.15) is 10.4 Å². The number of aromatic amines is 1. The molecule has 68 valence electrons. The van der Waals surface area contributed by atoms with Crippen molar-refractivity contribution in [2.24, 2.45) is 0 Å². The van der Waals surface area contributed by atoms with Gasteiger partial charge in [0.2, 0.25) is 0 Å². The quantitative estimate of drug-likeness (QED) is 0.724. The number of anilines is 2. The normalized spacial score (nSPS) is 9.36. The second-order valence-electron chi connectivity index (χ2n) is 2.50. The lowest BCUT2D eigenvalue weighted by molar-refractivity contribution is 1.08. The molecule has 0 aliphatic heterocycles. The first-order valence-corrected chi connectivity index (χ1v) is 3.87. The monoisotopic (exact) mass is 186 g/mol. The fraction of sp³-hybridized carbons (Fsp3) is 0. The maximum Gasteiger partial charge on any atom is 0.161 e. The molecule has 14 heavy (non-hydrogen) atoms. The first-order chi connectivity index (χ1) is 6.88.